The summed E-state index contributed by atoms with van der Waals surface area (Å²) in [5.41, 5.74) is 0. The number of thiophene rings is 1. The van der Waals surface area contributed by atoms with Gasteiger partial charge in [0.25, 0.3) is 0 Å². The number of carbonyl (C=O) groups is 1. The number of nitrogens with zero attached hydrogens (tertiary/aromatic N) is 2. The fourth-order valence-electron chi connectivity index (χ4n) is 3.39. The maximum atomic E-state index is 12.8. The summed E-state index contributed by atoms with van der Waals surface area (Å²) >= 11 is 3.73. The van der Waals surface area contributed by atoms with Crippen molar-refractivity contribution in [3.8, 4) is 0 Å². The van der Waals surface area contributed by atoms with Gasteiger partial charge in [-0.05, 0) is 30.7 Å². The molecule has 2 saturated heterocycles. The van der Waals surface area contributed by atoms with Crippen molar-refractivity contribution in [2.45, 2.75) is 24.5 Å². The zero-order chi connectivity index (χ0) is 17.2. The van der Waals surface area contributed by atoms with Gasteiger partial charge in [-0.2, -0.15) is 11.8 Å². The Balaban J connectivity index is 1.54. The Kier molecular flexibility index (Phi) is 5.89. The summed E-state index contributed by atoms with van der Waals surface area (Å²) in [5, 5.41) is 2.61. The van der Waals surface area contributed by atoms with Gasteiger partial charge in [0, 0.05) is 48.0 Å². The van der Waals surface area contributed by atoms with Gasteiger partial charge in [0.1, 0.15) is 0 Å². The van der Waals surface area contributed by atoms with Gasteiger partial charge in [-0.1, -0.05) is 6.07 Å². The summed E-state index contributed by atoms with van der Waals surface area (Å²) in [4.78, 5) is 16.2. The van der Waals surface area contributed by atoms with Crippen molar-refractivity contribution >= 4 is 39.0 Å². The topological polar surface area (TPSA) is 57.7 Å². The van der Waals surface area contributed by atoms with Crippen LogP contribution in [0.4, 0.5) is 0 Å². The largest absolute Gasteiger partial charge is 0.342 e. The molecular weight excluding hydrogens is 364 g/mol. The van der Waals surface area contributed by atoms with Crippen molar-refractivity contribution in [3.05, 3.63) is 22.4 Å². The zero-order valence-electron chi connectivity index (χ0n) is 13.9. The molecule has 5 nitrogen and oxygen atoms in total. The minimum atomic E-state index is -3.13. The Hall–Kier alpha value is -0.570. The van der Waals surface area contributed by atoms with Crippen LogP contribution in [0.25, 0.3) is 0 Å². The number of piperidine rings is 1. The first kappa shape index (κ1) is 18.2. The third kappa shape index (κ3) is 4.33. The van der Waals surface area contributed by atoms with Crippen LogP contribution in [0.3, 0.4) is 0 Å². The molecule has 2 aliphatic rings. The first-order valence-electron chi connectivity index (χ1n) is 8.34. The Morgan fingerprint density at radius 3 is 2.54 bits per heavy atom. The van der Waals surface area contributed by atoms with Crippen LogP contribution in [-0.2, 0) is 14.8 Å². The van der Waals surface area contributed by atoms with Crippen LogP contribution in [0, 0.1) is 5.92 Å². The van der Waals surface area contributed by atoms with E-state index in [9.17, 15) is 13.2 Å². The molecule has 0 saturated carbocycles. The van der Waals surface area contributed by atoms with E-state index in [1.807, 2.05) is 16.7 Å². The van der Waals surface area contributed by atoms with Gasteiger partial charge < -0.3 is 4.90 Å². The van der Waals surface area contributed by atoms with Gasteiger partial charge in [-0.15, -0.1) is 11.3 Å². The van der Waals surface area contributed by atoms with E-state index in [0.717, 1.165) is 25.3 Å². The summed E-state index contributed by atoms with van der Waals surface area (Å²) in [6.45, 7) is 2.55. The molecular formula is C16H24N2O3S3. The highest BCUT2D eigenvalue weighted by Crippen LogP contribution is 2.37. The van der Waals surface area contributed by atoms with Gasteiger partial charge >= 0.3 is 0 Å². The normalized spacial score (nSPS) is 24.7. The van der Waals surface area contributed by atoms with E-state index in [-0.39, 0.29) is 11.8 Å². The molecule has 3 heterocycles. The second-order valence-electron chi connectivity index (χ2n) is 6.43. The molecule has 24 heavy (non-hydrogen) atoms. The summed E-state index contributed by atoms with van der Waals surface area (Å²) in [6, 6.07) is 4.27. The van der Waals surface area contributed by atoms with E-state index in [0.29, 0.717) is 31.2 Å². The Bertz CT molecular complexity index is 652. The molecule has 0 spiro atoms. The number of carbonyl (C=O) groups excluding carboxylic acids is 1. The van der Waals surface area contributed by atoms with E-state index in [4.69, 9.17) is 0 Å². The van der Waals surface area contributed by atoms with Crippen LogP contribution in [0.15, 0.2) is 17.5 Å². The molecule has 1 amide bonds. The average Bonchev–Trinajstić information content (AvgIpc) is 2.98. The summed E-state index contributed by atoms with van der Waals surface area (Å²) in [6.07, 6.45) is 3.53. The molecule has 2 fully saturated rings. The number of rotatable bonds is 3. The second kappa shape index (κ2) is 7.76. The third-order valence-electron chi connectivity index (χ3n) is 4.79. The lowest BCUT2D eigenvalue weighted by Gasteiger charge is -2.32. The highest BCUT2D eigenvalue weighted by Gasteiger charge is 2.32. The minimum Gasteiger partial charge on any atom is -0.342 e. The monoisotopic (exact) mass is 388 g/mol. The third-order valence-corrected chi connectivity index (χ3v) is 8.53. The summed E-state index contributed by atoms with van der Waals surface area (Å²) < 4.78 is 24.7. The lowest BCUT2D eigenvalue weighted by molar-refractivity contribution is -0.136. The number of thioether (sulfide) groups is 1. The van der Waals surface area contributed by atoms with Crippen LogP contribution in [0.1, 0.15) is 29.4 Å². The molecule has 0 aromatic carbocycles. The van der Waals surface area contributed by atoms with E-state index in [1.54, 1.807) is 11.3 Å². The van der Waals surface area contributed by atoms with Crippen molar-refractivity contribution < 1.29 is 13.2 Å². The summed E-state index contributed by atoms with van der Waals surface area (Å²) in [7, 11) is -3.13. The van der Waals surface area contributed by atoms with Crippen LogP contribution in [-0.4, -0.2) is 61.7 Å². The minimum absolute atomic E-state index is 0.0220. The standard InChI is InChI=1S/C16H24N2O3S3/c1-24(20,21)18-8-4-13(5-9-18)16(19)17-7-6-15(23-12-10-17)14-3-2-11-22-14/h2-3,11,13,15H,4-10,12H2,1H3/t15-/m1/s1. The molecule has 0 N–H and O–H groups in total. The molecule has 0 bridgehead atoms. The molecule has 1 aromatic rings. The predicted molar refractivity (Wildman–Crippen MR) is 99.9 cm³/mol. The average molecular weight is 389 g/mol. The van der Waals surface area contributed by atoms with Gasteiger partial charge in [0.15, 0.2) is 0 Å². The van der Waals surface area contributed by atoms with Crippen molar-refractivity contribution in [3.63, 3.8) is 0 Å². The van der Waals surface area contributed by atoms with Crippen molar-refractivity contribution in [1.82, 2.24) is 9.21 Å². The molecule has 0 radical (unpaired) electrons. The Morgan fingerprint density at radius 1 is 1.17 bits per heavy atom. The van der Waals surface area contributed by atoms with Crippen molar-refractivity contribution in [1.29, 1.82) is 0 Å². The smallest absolute Gasteiger partial charge is 0.225 e. The lowest BCUT2D eigenvalue weighted by Crippen LogP contribution is -2.44. The fourth-order valence-corrected chi connectivity index (χ4v) is 6.50. The van der Waals surface area contributed by atoms with E-state index in [2.05, 4.69) is 17.5 Å². The van der Waals surface area contributed by atoms with Crippen LogP contribution >= 0.6 is 23.1 Å². The van der Waals surface area contributed by atoms with Crippen LogP contribution in [0.2, 0.25) is 0 Å². The van der Waals surface area contributed by atoms with Gasteiger partial charge in [0.2, 0.25) is 15.9 Å². The molecule has 1 aromatic heterocycles. The van der Waals surface area contributed by atoms with Crippen molar-refractivity contribution in [2.75, 3.05) is 38.2 Å². The van der Waals surface area contributed by atoms with Gasteiger partial charge in [-0.25, -0.2) is 12.7 Å². The van der Waals surface area contributed by atoms with Gasteiger partial charge in [-0.3, -0.25) is 4.79 Å². The zero-order valence-corrected chi connectivity index (χ0v) is 16.3. The predicted octanol–water partition coefficient (Wildman–Crippen LogP) is 2.43. The van der Waals surface area contributed by atoms with Crippen molar-refractivity contribution in [2.24, 2.45) is 5.92 Å². The van der Waals surface area contributed by atoms with Gasteiger partial charge in [0.05, 0.1) is 6.26 Å². The number of amides is 1. The first-order valence-corrected chi connectivity index (χ1v) is 12.1. The lowest BCUT2D eigenvalue weighted by atomic mass is 9.96. The van der Waals surface area contributed by atoms with E-state index in [1.165, 1.54) is 15.4 Å². The maximum absolute atomic E-state index is 12.8. The number of hydrogen-bond donors (Lipinski definition) is 0. The Labute approximate surface area is 152 Å². The highest BCUT2D eigenvalue weighted by atomic mass is 32.2. The van der Waals surface area contributed by atoms with Crippen LogP contribution < -0.4 is 0 Å². The molecule has 0 aliphatic carbocycles. The molecule has 3 rings (SSSR count). The van der Waals surface area contributed by atoms with Crippen LogP contribution in [0.5, 0.6) is 0 Å². The molecule has 8 heteroatoms. The summed E-state index contributed by atoms with van der Waals surface area (Å²) in [5.74, 6) is 1.16. The SMILES string of the molecule is CS(=O)(=O)N1CCC(C(=O)N2CCS[C@@H](c3cccs3)CC2)CC1. The maximum Gasteiger partial charge on any atom is 0.225 e. The molecule has 134 valence electrons. The van der Waals surface area contributed by atoms with E-state index < -0.39 is 10.0 Å². The number of sulfonamides is 1. The first-order chi connectivity index (χ1) is 11.4. The molecule has 0 unspecified atom stereocenters. The second-order valence-corrected chi connectivity index (χ2v) is 10.7. The molecule has 1 atom stereocenters. The quantitative estimate of drug-likeness (QED) is 0.798. The fraction of sp³-hybridized carbons (Fsp3) is 0.688. The number of hydrogen-bond acceptors (Lipinski definition) is 5. The Morgan fingerprint density at radius 2 is 1.92 bits per heavy atom. The highest BCUT2D eigenvalue weighted by molar-refractivity contribution is 7.99. The molecule has 2 aliphatic heterocycles. The van der Waals surface area contributed by atoms with E-state index >= 15 is 0 Å².